The lowest BCUT2D eigenvalue weighted by atomic mass is 10.0. The highest BCUT2D eigenvalue weighted by Crippen LogP contribution is 2.32. The molecule has 23 heavy (non-hydrogen) atoms. The molecule has 0 aliphatic carbocycles. The molecule has 0 aliphatic rings. The van der Waals surface area contributed by atoms with Crippen molar-refractivity contribution in [1.82, 2.24) is 9.55 Å². The van der Waals surface area contributed by atoms with Crippen LogP contribution in [0.25, 0.3) is 0 Å². The van der Waals surface area contributed by atoms with Gasteiger partial charge in [0.25, 0.3) is 0 Å². The third-order valence-corrected chi connectivity index (χ3v) is 5.55. The predicted octanol–water partition coefficient (Wildman–Crippen LogP) is 6.37. The fraction of sp³-hybridized carbons (Fsp3) is 0.526. The number of rotatable bonds is 11. The Morgan fingerprint density at radius 3 is 2.39 bits per heavy atom. The van der Waals surface area contributed by atoms with Crippen LogP contribution in [0.4, 0.5) is 0 Å². The van der Waals surface area contributed by atoms with E-state index in [2.05, 4.69) is 27.9 Å². The van der Waals surface area contributed by atoms with E-state index in [1.165, 1.54) is 50.5 Å². The van der Waals surface area contributed by atoms with Crippen LogP contribution in [0.15, 0.2) is 43.0 Å². The van der Waals surface area contributed by atoms with E-state index in [4.69, 9.17) is 11.6 Å². The number of unbranched alkanes of at least 4 members (excludes halogenated alkanes) is 5. The van der Waals surface area contributed by atoms with E-state index >= 15 is 0 Å². The van der Waals surface area contributed by atoms with Gasteiger partial charge < -0.3 is 4.57 Å². The van der Waals surface area contributed by atoms with E-state index in [1.54, 1.807) is 0 Å². The highest BCUT2D eigenvalue weighted by molar-refractivity contribution is 7.98. The van der Waals surface area contributed by atoms with E-state index in [0.717, 1.165) is 11.6 Å². The maximum absolute atomic E-state index is 5.97. The van der Waals surface area contributed by atoms with Crippen molar-refractivity contribution in [2.24, 2.45) is 0 Å². The van der Waals surface area contributed by atoms with Gasteiger partial charge in [-0.15, -0.1) is 0 Å². The average Bonchev–Trinajstić information content (AvgIpc) is 3.08. The maximum Gasteiger partial charge on any atom is 0.0945 e. The van der Waals surface area contributed by atoms with E-state index in [-0.39, 0.29) is 0 Å². The molecular weight excluding hydrogens is 324 g/mol. The summed E-state index contributed by atoms with van der Waals surface area (Å²) >= 11 is 7.92. The van der Waals surface area contributed by atoms with Crippen LogP contribution in [0.3, 0.4) is 0 Å². The number of hydrogen-bond acceptors (Lipinski definition) is 2. The number of nitrogens with zero attached hydrogens (tertiary/aromatic N) is 2. The molecule has 0 saturated heterocycles. The summed E-state index contributed by atoms with van der Waals surface area (Å²) in [5.41, 5.74) is 1.40. The van der Waals surface area contributed by atoms with Gasteiger partial charge in [-0.3, -0.25) is 0 Å². The molecule has 4 heteroatoms. The number of halogens is 1. The number of aromatic nitrogens is 2. The van der Waals surface area contributed by atoms with E-state index in [1.807, 2.05) is 42.6 Å². The first-order chi connectivity index (χ1) is 11.3. The summed E-state index contributed by atoms with van der Waals surface area (Å²) in [6.45, 7) is 1.10. The second kappa shape index (κ2) is 10.8. The normalized spacial score (nSPS) is 12.4. The van der Waals surface area contributed by atoms with Crippen LogP contribution in [0.2, 0.25) is 5.02 Å². The number of thioether (sulfide) groups is 1. The second-order valence-electron chi connectivity index (χ2n) is 5.99. The van der Waals surface area contributed by atoms with Crippen molar-refractivity contribution in [2.45, 2.75) is 56.7 Å². The van der Waals surface area contributed by atoms with Gasteiger partial charge in [-0.05, 0) is 36.8 Å². The molecular formula is C19H27ClN2S. The van der Waals surface area contributed by atoms with Crippen molar-refractivity contribution in [2.75, 3.05) is 6.26 Å². The molecule has 2 nitrogen and oxygen atoms in total. The fourth-order valence-electron chi connectivity index (χ4n) is 2.85. The van der Waals surface area contributed by atoms with E-state index < -0.39 is 0 Å². The zero-order valence-electron chi connectivity index (χ0n) is 14.0. The molecule has 1 aromatic heterocycles. The topological polar surface area (TPSA) is 17.8 Å². The van der Waals surface area contributed by atoms with Gasteiger partial charge in [0.05, 0.1) is 6.33 Å². The Labute approximate surface area is 149 Å². The Hall–Kier alpha value is -0.930. The summed E-state index contributed by atoms with van der Waals surface area (Å²) in [5, 5.41) is 1.43. The summed E-state index contributed by atoms with van der Waals surface area (Å²) in [4.78, 5) is 4.07. The third-order valence-electron chi connectivity index (χ3n) is 4.22. The smallest absolute Gasteiger partial charge is 0.0945 e. The van der Waals surface area contributed by atoms with Crippen LogP contribution < -0.4 is 0 Å². The highest BCUT2D eigenvalue weighted by Gasteiger charge is 2.09. The summed E-state index contributed by atoms with van der Waals surface area (Å²) < 4.78 is 2.16. The molecule has 0 bridgehead atoms. The van der Waals surface area contributed by atoms with E-state index in [9.17, 15) is 0 Å². The van der Waals surface area contributed by atoms with Gasteiger partial charge in [0.1, 0.15) is 0 Å². The predicted molar refractivity (Wildman–Crippen MR) is 102 cm³/mol. The Morgan fingerprint density at radius 2 is 1.74 bits per heavy atom. The number of imidazole rings is 1. The number of hydrogen-bond donors (Lipinski definition) is 0. The van der Waals surface area contributed by atoms with Crippen LogP contribution in [0.5, 0.6) is 0 Å². The van der Waals surface area contributed by atoms with Crippen molar-refractivity contribution < 1.29 is 0 Å². The van der Waals surface area contributed by atoms with Crippen LogP contribution in [0, 0.1) is 0 Å². The molecule has 0 radical (unpaired) electrons. The van der Waals surface area contributed by atoms with Gasteiger partial charge in [-0.2, -0.15) is 11.8 Å². The third kappa shape index (κ3) is 7.01. The van der Waals surface area contributed by atoms with Crippen LogP contribution in [0.1, 0.15) is 55.8 Å². The molecule has 0 saturated carbocycles. The minimum Gasteiger partial charge on any atom is -0.337 e. The molecule has 1 heterocycles. The molecule has 1 unspecified atom stereocenters. The summed E-state index contributed by atoms with van der Waals surface area (Å²) in [5.74, 6) is 0. The molecule has 0 N–H and O–H groups in total. The van der Waals surface area contributed by atoms with Crippen LogP contribution >= 0.6 is 23.4 Å². The molecule has 0 amide bonds. The van der Waals surface area contributed by atoms with Gasteiger partial charge >= 0.3 is 0 Å². The fourth-order valence-corrected chi connectivity index (χ4v) is 3.81. The Kier molecular flexibility index (Phi) is 8.62. The van der Waals surface area contributed by atoms with Crippen molar-refractivity contribution in [3.63, 3.8) is 0 Å². The lowest BCUT2D eigenvalue weighted by Crippen LogP contribution is -1.95. The van der Waals surface area contributed by atoms with Gasteiger partial charge in [-0.1, -0.05) is 55.8 Å². The molecule has 2 rings (SSSR count). The summed E-state index contributed by atoms with van der Waals surface area (Å²) in [6, 6.07) is 8.33. The Balaban J connectivity index is 1.52. The molecule has 2 aromatic rings. The summed E-state index contributed by atoms with van der Waals surface area (Å²) in [7, 11) is 0. The average molecular weight is 351 g/mol. The first-order valence-electron chi connectivity index (χ1n) is 8.53. The Morgan fingerprint density at radius 1 is 1.04 bits per heavy atom. The lowest BCUT2D eigenvalue weighted by Gasteiger charge is -2.14. The van der Waals surface area contributed by atoms with Crippen molar-refractivity contribution >= 4 is 23.4 Å². The van der Waals surface area contributed by atoms with Crippen molar-refractivity contribution in [3.05, 3.63) is 53.6 Å². The first kappa shape index (κ1) is 18.4. The lowest BCUT2D eigenvalue weighted by molar-refractivity contribution is 0.544. The molecule has 0 fully saturated rings. The van der Waals surface area contributed by atoms with Gasteiger partial charge in [0, 0.05) is 29.2 Å². The van der Waals surface area contributed by atoms with Gasteiger partial charge in [0.15, 0.2) is 0 Å². The summed E-state index contributed by atoms with van der Waals surface area (Å²) in [6.07, 6.45) is 17.2. The quantitative estimate of drug-likeness (QED) is 0.438. The van der Waals surface area contributed by atoms with Crippen molar-refractivity contribution in [3.8, 4) is 0 Å². The van der Waals surface area contributed by atoms with Crippen molar-refractivity contribution in [1.29, 1.82) is 0 Å². The second-order valence-corrected chi connectivity index (χ2v) is 7.46. The van der Waals surface area contributed by atoms with E-state index in [0.29, 0.717) is 5.25 Å². The Bertz CT molecular complexity index is 525. The zero-order valence-corrected chi connectivity index (χ0v) is 15.5. The maximum atomic E-state index is 5.97. The first-order valence-corrected chi connectivity index (χ1v) is 10.2. The van der Waals surface area contributed by atoms with Gasteiger partial charge in [-0.25, -0.2) is 4.98 Å². The van der Waals surface area contributed by atoms with Gasteiger partial charge in [0.2, 0.25) is 0 Å². The zero-order chi connectivity index (χ0) is 16.3. The minimum atomic E-state index is 0.605. The van der Waals surface area contributed by atoms with Crippen LogP contribution in [-0.4, -0.2) is 15.8 Å². The SMILES string of the molecule is CSC(CCCCCCCCn1ccnc1)c1ccc(Cl)cc1. The number of benzene rings is 1. The molecule has 1 aromatic carbocycles. The molecule has 0 aliphatic heterocycles. The molecule has 126 valence electrons. The largest absolute Gasteiger partial charge is 0.337 e. The molecule has 0 spiro atoms. The molecule has 1 atom stereocenters. The number of aryl methyl sites for hydroxylation is 1. The minimum absolute atomic E-state index is 0.605. The van der Waals surface area contributed by atoms with Crippen LogP contribution in [-0.2, 0) is 6.54 Å². The standard InChI is InChI=1S/C19H27ClN2S/c1-23-19(17-9-11-18(20)12-10-17)8-6-4-2-3-5-7-14-22-15-13-21-16-22/h9-13,15-16,19H,2-8,14H2,1H3. The monoisotopic (exact) mass is 350 g/mol. The highest BCUT2D eigenvalue weighted by atomic mass is 35.5.